The van der Waals surface area contributed by atoms with Gasteiger partial charge in [0.1, 0.15) is 5.60 Å². The normalized spacial score (nSPS) is 29.4. The highest BCUT2D eigenvalue weighted by atomic mass is 16.3. The number of aliphatic imine (C=N–C) groups is 1. The lowest BCUT2D eigenvalue weighted by molar-refractivity contribution is 0.0919. The van der Waals surface area contributed by atoms with Crippen LogP contribution in [-0.4, -0.2) is 10.8 Å². The zero-order valence-corrected chi connectivity index (χ0v) is 8.03. The summed E-state index contributed by atoms with van der Waals surface area (Å²) >= 11 is 0. The van der Waals surface area contributed by atoms with Crippen LogP contribution in [-0.2, 0) is 5.60 Å². The lowest BCUT2D eigenvalue weighted by Gasteiger charge is -2.30. The quantitative estimate of drug-likeness (QED) is 0.665. The standard InChI is InChI=1S/C12H13NO/c14-12-8-4-3-7-11(12)13-10-6-2-1-5-9(10)12/h1-2,5-6,14H,3-4,7-8H2/t12-/m1/s1. The first-order chi connectivity index (χ1) is 6.81. The molecule has 1 aliphatic heterocycles. The molecule has 2 heteroatoms. The fourth-order valence-corrected chi connectivity index (χ4v) is 2.53. The topological polar surface area (TPSA) is 32.6 Å². The van der Waals surface area contributed by atoms with Crippen LogP contribution in [0.1, 0.15) is 31.2 Å². The number of rotatable bonds is 0. The first-order valence-electron chi connectivity index (χ1n) is 5.21. The highest BCUT2D eigenvalue weighted by molar-refractivity contribution is 6.00. The summed E-state index contributed by atoms with van der Waals surface area (Å²) in [6.45, 7) is 0. The number of benzene rings is 1. The Bertz CT molecular complexity index is 411. The van der Waals surface area contributed by atoms with Crippen LogP contribution in [0.3, 0.4) is 0 Å². The molecule has 1 saturated carbocycles. The van der Waals surface area contributed by atoms with Crippen LogP contribution in [0.15, 0.2) is 29.3 Å². The van der Waals surface area contributed by atoms with Gasteiger partial charge < -0.3 is 5.11 Å². The summed E-state index contributed by atoms with van der Waals surface area (Å²) in [6.07, 6.45) is 4.05. The van der Waals surface area contributed by atoms with Gasteiger partial charge in [-0.2, -0.15) is 0 Å². The molecule has 2 nitrogen and oxygen atoms in total. The Balaban J connectivity index is 2.18. The molecule has 14 heavy (non-hydrogen) atoms. The monoisotopic (exact) mass is 187 g/mol. The Morgan fingerprint density at radius 2 is 2.07 bits per heavy atom. The molecule has 0 radical (unpaired) electrons. The molecule has 1 N–H and O–H groups in total. The van der Waals surface area contributed by atoms with Gasteiger partial charge in [0.25, 0.3) is 0 Å². The molecule has 0 saturated heterocycles. The molecule has 2 aliphatic rings. The predicted octanol–water partition coefficient (Wildman–Crippen LogP) is 2.53. The van der Waals surface area contributed by atoms with Gasteiger partial charge in [0.05, 0.1) is 11.4 Å². The number of para-hydroxylation sites is 1. The minimum Gasteiger partial charge on any atom is -0.379 e. The molecular weight excluding hydrogens is 174 g/mol. The van der Waals surface area contributed by atoms with E-state index in [-0.39, 0.29) is 0 Å². The number of aliphatic hydroxyl groups is 1. The van der Waals surface area contributed by atoms with Crippen LogP contribution in [0.4, 0.5) is 5.69 Å². The van der Waals surface area contributed by atoms with Crippen molar-refractivity contribution in [2.45, 2.75) is 31.3 Å². The van der Waals surface area contributed by atoms with Crippen molar-refractivity contribution in [2.75, 3.05) is 0 Å². The van der Waals surface area contributed by atoms with Gasteiger partial charge in [-0.15, -0.1) is 0 Å². The first-order valence-corrected chi connectivity index (χ1v) is 5.21. The number of nitrogens with zero attached hydrogens (tertiary/aromatic N) is 1. The Hall–Kier alpha value is -1.15. The number of hydrogen-bond donors (Lipinski definition) is 1. The summed E-state index contributed by atoms with van der Waals surface area (Å²) in [6, 6.07) is 7.93. The van der Waals surface area contributed by atoms with E-state index in [0.29, 0.717) is 0 Å². The average molecular weight is 187 g/mol. The maximum atomic E-state index is 10.5. The second-order valence-corrected chi connectivity index (χ2v) is 4.14. The maximum absolute atomic E-state index is 10.5. The van der Waals surface area contributed by atoms with E-state index in [1.165, 1.54) is 0 Å². The van der Waals surface area contributed by atoms with Crippen LogP contribution in [0.5, 0.6) is 0 Å². The Morgan fingerprint density at radius 1 is 1.21 bits per heavy atom. The Labute approximate surface area is 83.3 Å². The SMILES string of the molecule is O[C@@]12CCCCC1=Nc1ccccc12. The molecule has 0 bridgehead atoms. The molecule has 1 heterocycles. The summed E-state index contributed by atoms with van der Waals surface area (Å²) in [5.74, 6) is 0. The van der Waals surface area contributed by atoms with Gasteiger partial charge in [0.15, 0.2) is 0 Å². The largest absolute Gasteiger partial charge is 0.379 e. The van der Waals surface area contributed by atoms with Crippen LogP contribution >= 0.6 is 0 Å². The predicted molar refractivity (Wildman–Crippen MR) is 55.9 cm³/mol. The van der Waals surface area contributed by atoms with Crippen LogP contribution in [0.2, 0.25) is 0 Å². The van der Waals surface area contributed by atoms with Gasteiger partial charge >= 0.3 is 0 Å². The summed E-state index contributed by atoms with van der Waals surface area (Å²) in [4.78, 5) is 4.51. The fraction of sp³-hybridized carbons (Fsp3) is 0.417. The fourth-order valence-electron chi connectivity index (χ4n) is 2.53. The van der Waals surface area contributed by atoms with E-state index in [1.807, 2.05) is 24.3 Å². The Morgan fingerprint density at radius 3 is 3.00 bits per heavy atom. The first kappa shape index (κ1) is 8.18. The molecule has 0 aromatic heterocycles. The molecule has 1 fully saturated rings. The van der Waals surface area contributed by atoms with Crippen molar-refractivity contribution in [3.05, 3.63) is 29.8 Å². The molecule has 1 aliphatic carbocycles. The maximum Gasteiger partial charge on any atom is 0.130 e. The molecule has 0 spiro atoms. The van der Waals surface area contributed by atoms with Crippen molar-refractivity contribution >= 4 is 11.4 Å². The van der Waals surface area contributed by atoms with Crippen molar-refractivity contribution < 1.29 is 5.11 Å². The minimum atomic E-state index is -0.727. The third-order valence-electron chi connectivity index (χ3n) is 3.28. The smallest absolute Gasteiger partial charge is 0.130 e. The second kappa shape index (κ2) is 2.67. The van der Waals surface area contributed by atoms with E-state index in [4.69, 9.17) is 0 Å². The molecular formula is C12H13NO. The van der Waals surface area contributed by atoms with Crippen molar-refractivity contribution in [3.8, 4) is 0 Å². The van der Waals surface area contributed by atoms with E-state index in [9.17, 15) is 5.11 Å². The Kier molecular flexibility index (Phi) is 1.56. The van der Waals surface area contributed by atoms with Gasteiger partial charge in [-0.1, -0.05) is 18.2 Å². The molecule has 0 unspecified atom stereocenters. The summed E-state index contributed by atoms with van der Waals surface area (Å²) in [5.41, 5.74) is 2.22. The third-order valence-corrected chi connectivity index (χ3v) is 3.28. The number of fused-ring (bicyclic) bond motifs is 3. The molecule has 3 rings (SSSR count). The summed E-state index contributed by atoms with van der Waals surface area (Å²) < 4.78 is 0. The zero-order valence-electron chi connectivity index (χ0n) is 8.03. The molecule has 1 aromatic carbocycles. The zero-order chi connectivity index (χ0) is 9.60. The van der Waals surface area contributed by atoms with E-state index < -0.39 is 5.60 Å². The number of hydrogen-bond acceptors (Lipinski definition) is 2. The summed E-state index contributed by atoms with van der Waals surface area (Å²) in [7, 11) is 0. The molecule has 72 valence electrons. The lowest BCUT2D eigenvalue weighted by Crippen LogP contribution is -2.35. The van der Waals surface area contributed by atoms with Crippen LogP contribution in [0.25, 0.3) is 0 Å². The van der Waals surface area contributed by atoms with Gasteiger partial charge in [-0.05, 0) is 31.7 Å². The van der Waals surface area contributed by atoms with E-state index in [2.05, 4.69) is 4.99 Å². The van der Waals surface area contributed by atoms with Gasteiger partial charge in [0, 0.05) is 5.56 Å². The molecule has 0 amide bonds. The van der Waals surface area contributed by atoms with Gasteiger partial charge in [0.2, 0.25) is 0 Å². The van der Waals surface area contributed by atoms with Gasteiger partial charge in [-0.25, -0.2) is 0 Å². The average Bonchev–Trinajstić information content (AvgIpc) is 2.51. The van der Waals surface area contributed by atoms with Crippen molar-refractivity contribution in [3.63, 3.8) is 0 Å². The summed E-state index contributed by atoms with van der Waals surface area (Å²) in [5, 5.41) is 10.5. The highest BCUT2D eigenvalue weighted by Crippen LogP contribution is 2.45. The minimum absolute atomic E-state index is 0.727. The lowest BCUT2D eigenvalue weighted by atomic mass is 9.79. The van der Waals surface area contributed by atoms with Crippen molar-refractivity contribution in [1.29, 1.82) is 0 Å². The molecule has 1 atom stereocenters. The second-order valence-electron chi connectivity index (χ2n) is 4.14. The van der Waals surface area contributed by atoms with Crippen molar-refractivity contribution in [1.82, 2.24) is 0 Å². The van der Waals surface area contributed by atoms with Crippen LogP contribution in [0, 0.1) is 0 Å². The van der Waals surface area contributed by atoms with Crippen LogP contribution < -0.4 is 0 Å². The van der Waals surface area contributed by atoms with E-state index >= 15 is 0 Å². The third kappa shape index (κ3) is 0.919. The van der Waals surface area contributed by atoms with Crippen molar-refractivity contribution in [2.24, 2.45) is 4.99 Å². The molecule has 1 aromatic rings. The van der Waals surface area contributed by atoms with E-state index in [1.54, 1.807) is 0 Å². The highest BCUT2D eigenvalue weighted by Gasteiger charge is 2.42. The van der Waals surface area contributed by atoms with E-state index in [0.717, 1.165) is 42.6 Å². The van der Waals surface area contributed by atoms with Gasteiger partial charge in [-0.3, -0.25) is 4.99 Å².